The Morgan fingerprint density at radius 1 is 0.929 bits per heavy atom. The summed E-state index contributed by atoms with van der Waals surface area (Å²) in [7, 11) is 0. The van der Waals surface area contributed by atoms with Gasteiger partial charge < -0.3 is 20.4 Å². The Hall–Kier alpha value is -3.06. The number of hydrogen-bond donors (Lipinski definition) is 8. The van der Waals surface area contributed by atoms with Crippen molar-refractivity contribution in [1.82, 2.24) is 20.9 Å². The fourth-order valence-corrected chi connectivity index (χ4v) is 5.67. The summed E-state index contributed by atoms with van der Waals surface area (Å²) in [5, 5.41) is 30.2. The van der Waals surface area contributed by atoms with Gasteiger partial charge in [0.05, 0.1) is 18.6 Å². The zero-order chi connectivity index (χ0) is 30.3. The lowest BCUT2D eigenvalue weighted by Gasteiger charge is -2.31. The number of aryl methyl sites for hydroxylation is 1. The van der Waals surface area contributed by atoms with E-state index in [9.17, 15) is 24.6 Å². The zero-order valence-electron chi connectivity index (χ0n) is 24.6. The van der Waals surface area contributed by atoms with Crippen LogP contribution in [-0.4, -0.2) is 88.9 Å². The van der Waals surface area contributed by atoms with Gasteiger partial charge in [-0.05, 0) is 69.9 Å². The van der Waals surface area contributed by atoms with Crippen LogP contribution in [0.4, 0.5) is 0 Å². The fourth-order valence-electron chi connectivity index (χ4n) is 5.67. The van der Waals surface area contributed by atoms with Gasteiger partial charge in [0.1, 0.15) is 12.3 Å². The number of aliphatic hydroxyl groups is 2. The van der Waals surface area contributed by atoms with Crippen LogP contribution in [0.2, 0.25) is 0 Å². The van der Waals surface area contributed by atoms with E-state index in [1.165, 1.54) is 0 Å². The SMILES string of the molecule is NC(N)=[NH+]CCC[C@@H]1NC(=O)[C@@H]2CCCN2C(=O)[C@@H](CCc2ccccc2)NC(O)CCCCCCCNC(O)C1=O. The van der Waals surface area contributed by atoms with Crippen LogP contribution >= 0.6 is 0 Å². The van der Waals surface area contributed by atoms with E-state index in [2.05, 4.69) is 20.9 Å². The van der Waals surface area contributed by atoms with Crippen LogP contribution in [0.3, 0.4) is 0 Å². The van der Waals surface area contributed by atoms with Crippen molar-refractivity contribution in [3.8, 4) is 0 Å². The molecule has 0 aromatic heterocycles. The van der Waals surface area contributed by atoms with E-state index < -0.39 is 42.3 Å². The van der Waals surface area contributed by atoms with Crippen LogP contribution in [-0.2, 0) is 20.8 Å². The zero-order valence-corrected chi connectivity index (χ0v) is 24.6. The van der Waals surface area contributed by atoms with Crippen LogP contribution < -0.4 is 32.4 Å². The Balaban J connectivity index is 1.79. The Kier molecular flexibility index (Phi) is 14.2. The number of fused-ring (bicyclic) bond motifs is 1. The summed E-state index contributed by atoms with van der Waals surface area (Å²) in [5.74, 6) is -1.12. The third-order valence-electron chi connectivity index (χ3n) is 8.01. The molecular weight excluding hydrogens is 538 g/mol. The molecule has 0 radical (unpaired) electrons. The molecule has 3 rings (SSSR count). The molecule has 42 heavy (non-hydrogen) atoms. The number of hydrogen-bond acceptors (Lipinski definition) is 7. The van der Waals surface area contributed by atoms with Crippen molar-refractivity contribution in [2.75, 3.05) is 19.6 Å². The van der Waals surface area contributed by atoms with Gasteiger partial charge in [0.2, 0.25) is 11.8 Å². The normalized spacial score (nSPS) is 27.3. The van der Waals surface area contributed by atoms with E-state index in [4.69, 9.17) is 11.5 Å². The smallest absolute Gasteiger partial charge is 0.338 e. The molecule has 2 heterocycles. The highest BCUT2D eigenvalue weighted by atomic mass is 16.3. The van der Waals surface area contributed by atoms with Crippen LogP contribution in [0.1, 0.15) is 76.2 Å². The number of nitrogens with zero attached hydrogens (tertiary/aromatic N) is 1. The number of guanidine groups is 1. The Bertz CT molecular complexity index is 1020. The van der Waals surface area contributed by atoms with Crippen LogP contribution in [0.5, 0.6) is 0 Å². The second-order valence-electron chi connectivity index (χ2n) is 11.3. The molecule has 0 saturated carbocycles. The highest BCUT2D eigenvalue weighted by molar-refractivity contribution is 5.95. The average Bonchev–Trinajstić information content (AvgIpc) is 3.47. The Labute approximate surface area is 248 Å². The Morgan fingerprint density at radius 3 is 2.43 bits per heavy atom. The summed E-state index contributed by atoms with van der Waals surface area (Å²) in [4.78, 5) is 45.0. The first-order valence-corrected chi connectivity index (χ1v) is 15.4. The number of Topliss-reactive ketones (excluding diaryl/α,β-unsaturated/α-hetero) is 1. The second kappa shape index (κ2) is 17.8. The number of rotatable bonds is 7. The molecule has 5 atom stereocenters. The molecular formula is C30H50N7O5+. The second-order valence-corrected chi connectivity index (χ2v) is 11.3. The molecule has 0 aliphatic carbocycles. The lowest BCUT2D eigenvalue weighted by atomic mass is 10.0. The van der Waals surface area contributed by atoms with Gasteiger partial charge in [0.15, 0.2) is 12.0 Å². The topological polar surface area (TPSA) is 197 Å². The summed E-state index contributed by atoms with van der Waals surface area (Å²) in [6.07, 6.45) is 5.61. The van der Waals surface area contributed by atoms with Gasteiger partial charge in [-0.1, -0.05) is 49.6 Å². The maximum Gasteiger partial charge on any atom is 0.338 e. The third kappa shape index (κ3) is 11.0. The Morgan fingerprint density at radius 2 is 1.67 bits per heavy atom. The largest absolute Gasteiger partial charge is 0.379 e. The summed E-state index contributed by atoms with van der Waals surface area (Å²) < 4.78 is 0. The third-order valence-corrected chi connectivity index (χ3v) is 8.01. The molecule has 234 valence electrons. The lowest BCUT2D eigenvalue weighted by molar-refractivity contribution is -0.459. The van der Waals surface area contributed by atoms with Crippen molar-refractivity contribution in [3.05, 3.63) is 35.9 Å². The number of carbonyl (C=O) groups excluding carboxylic acids is 3. The maximum absolute atomic E-state index is 13.9. The monoisotopic (exact) mass is 588 g/mol. The number of ketones is 1. The van der Waals surface area contributed by atoms with Crippen molar-refractivity contribution in [2.45, 2.75) is 108 Å². The quantitative estimate of drug-likeness (QED) is 0.104. The molecule has 2 saturated heterocycles. The number of benzene rings is 1. The van der Waals surface area contributed by atoms with Gasteiger partial charge in [-0.25, -0.2) is 0 Å². The molecule has 2 aliphatic heterocycles. The predicted molar refractivity (Wildman–Crippen MR) is 160 cm³/mol. The van der Waals surface area contributed by atoms with E-state index in [-0.39, 0.29) is 18.3 Å². The lowest BCUT2D eigenvalue weighted by Crippen LogP contribution is -2.78. The van der Waals surface area contributed by atoms with Crippen molar-refractivity contribution < 1.29 is 29.6 Å². The molecule has 2 unspecified atom stereocenters. The van der Waals surface area contributed by atoms with Gasteiger partial charge >= 0.3 is 5.96 Å². The summed E-state index contributed by atoms with van der Waals surface area (Å²) in [6, 6.07) is 7.50. The van der Waals surface area contributed by atoms with E-state index in [0.29, 0.717) is 58.2 Å². The van der Waals surface area contributed by atoms with Crippen LogP contribution in [0, 0.1) is 0 Å². The molecule has 10 N–H and O–H groups in total. The van der Waals surface area contributed by atoms with Crippen LogP contribution in [0.25, 0.3) is 0 Å². The predicted octanol–water partition coefficient (Wildman–Crippen LogP) is -1.66. The molecule has 0 spiro atoms. The highest BCUT2D eigenvalue weighted by Gasteiger charge is 2.39. The summed E-state index contributed by atoms with van der Waals surface area (Å²) in [5.41, 5.74) is 12.0. The molecule has 1 aromatic rings. The molecule has 2 fully saturated rings. The summed E-state index contributed by atoms with van der Waals surface area (Å²) in [6.45, 7) is 1.28. The molecule has 1 aromatic carbocycles. The molecule has 2 amide bonds. The average molecular weight is 589 g/mol. The molecule has 0 bridgehead atoms. The first kappa shape index (κ1) is 33.4. The number of nitrogens with one attached hydrogen (secondary N) is 4. The van der Waals surface area contributed by atoms with Gasteiger partial charge in [-0.2, -0.15) is 0 Å². The summed E-state index contributed by atoms with van der Waals surface area (Å²) >= 11 is 0. The number of amides is 2. The van der Waals surface area contributed by atoms with Crippen molar-refractivity contribution >= 4 is 23.6 Å². The first-order valence-electron chi connectivity index (χ1n) is 15.4. The van der Waals surface area contributed by atoms with Gasteiger partial charge in [0.25, 0.3) is 0 Å². The van der Waals surface area contributed by atoms with E-state index >= 15 is 0 Å². The van der Waals surface area contributed by atoms with Gasteiger partial charge in [0, 0.05) is 6.54 Å². The number of nitrogens with two attached hydrogens (primary N) is 2. The van der Waals surface area contributed by atoms with E-state index in [0.717, 1.165) is 37.7 Å². The molecule has 12 nitrogen and oxygen atoms in total. The fraction of sp³-hybridized carbons (Fsp3) is 0.667. The standard InChI is InChI=1S/C30H49N7O5/c31-30(32)34-19-9-13-22-26(39)28(41)33-18-8-3-1-2-7-15-25(38)35-23(17-16-21-11-5-4-6-12-21)29(42)37-20-10-14-24(37)27(40)36-22/h4-6,11-12,22-25,28,33,35,38,41H,1-3,7-10,13-20H2,(H,36,40)(H4,31,32,34)/p+1/t22-,23+,24-,25?,28?/m0/s1. The highest BCUT2D eigenvalue weighted by Crippen LogP contribution is 2.21. The maximum atomic E-state index is 13.9. The van der Waals surface area contributed by atoms with Crippen molar-refractivity contribution in [2.24, 2.45) is 11.5 Å². The van der Waals surface area contributed by atoms with Crippen molar-refractivity contribution in [1.29, 1.82) is 0 Å². The van der Waals surface area contributed by atoms with Crippen LogP contribution in [0.15, 0.2) is 30.3 Å². The number of aliphatic hydroxyl groups excluding tert-OH is 2. The minimum absolute atomic E-state index is 0.0632. The first-order chi connectivity index (χ1) is 20.3. The van der Waals surface area contributed by atoms with Crippen molar-refractivity contribution in [3.63, 3.8) is 0 Å². The van der Waals surface area contributed by atoms with E-state index in [1.807, 2.05) is 30.3 Å². The minimum atomic E-state index is -1.42. The minimum Gasteiger partial charge on any atom is -0.379 e. The van der Waals surface area contributed by atoms with Gasteiger partial charge in [-0.15, -0.1) is 0 Å². The van der Waals surface area contributed by atoms with E-state index in [1.54, 1.807) is 4.90 Å². The number of carbonyl (C=O) groups is 3. The molecule has 2 aliphatic rings. The molecule has 12 heteroatoms. The van der Waals surface area contributed by atoms with Gasteiger partial charge in [-0.3, -0.25) is 41.5 Å².